The normalized spacial score (nSPS) is 14.5. The fourth-order valence-corrected chi connectivity index (χ4v) is 3.09. The molecule has 1 aromatic rings. The van der Waals surface area contributed by atoms with Crippen LogP contribution in [0.15, 0.2) is 51.9 Å². The topological polar surface area (TPSA) is 45.7 Å². The lowest BCUT2D eigenvalue weighted by Crippen LogP contribution is -2.38. The van der Waals surface area contributed by atoms with Gasteiger partial charge in [0.05, 0.1) is 13.2 Å². The lowest BCUT2D eigenvalue weighted by atomic mass is 10.1. The highest BCUT2D eigenvalue weighted by molar-refractivity contribution is 14.0. The maximum Gasteiger partial charge on any atom is 0.191 e. The van der Waals surface area contributed by atoms with Gasteiger partial charge in [0.25, 0.3) is 0 Å². The van der Waals surface area contributed by atoms with E-state index in [2.05, 4.69) is 52.9 Å². The Hall–Kier alpha value is -0.730. The number of thioether (sulfide) groups is 1. The summed E-state index contributed by atoms with van der Waals surface area (Å²) >= 11 is 1.86. The van der Waals surface area contributed by atoms with Crippen molar-refractivity contribution in [3.63, 3.8) is 0 Å². The first-order valence-corrected chi connectivity index (χ1v) is 9.32. The molecule has 24 heavy (non-hydrogen) atoms. The Labute approximate surface area is 166 Å². The lowest BCUT2D eigenvalue weighted by molar-refractivity contribution is 0.153. The molecule has 1 heterocycles. The maximum atomic E-state index is 5.33. The number of halogens is 1. The van der Waals surface area contributed by atoms with Crippen molar-refractivity contribution in [3.8, 4) is 0 Å². The maximum absolute atomic E-state index is 5.33. The molecule has 0 saturated carbocycles. The largest absolute Gasteiger partial charge is 0.377 e. The molecule has 1 aliphatic heterocycles. The van der Waals surface area contributed by atoms with Crippen molar-refractivity contribution in [2.75, 3.05) is 38.6 Å². The van der Waals surface area contributed by atoms with E-state index >= 15 is 0 Å². The number of benzene rings is 1. The molecule has 2 N–H and O–H groups in total. The molecular formula is C18H28IN3OS. The third-order valence-electron chi connectivity index (χ3n) is 3.51. The zero-order valence-corrected chi connectivity index (χ0v) is 17.4. The number of hydrogen-bond acceptors (Lipinski definition) is 3. The van der Waals surface area contributed by atoms with Gasteiger partial charge >= 0.3 is 0 Å². The molecule has 0 amide bonds. The zero-order valence-electron chi connectivity index (χ0n) is 14.3. The highest BCUT2D eigenvalue weighted by atomic mass is 127. The summed E-state index contributed by atoms with van der Waals surface area (Å²) in [6.45, 7) is 6.32. The third-order valence-corrected chi connectivity index (χ3v) is 4.52. The molecule has 6 heteroatoms. The van der Waals surface area contributed by atoms with Crippen LogP contribution in [0.3, 0.4) is 0 Å². The Morgan fingerprint density at radius 1 is 1.25 bits per heavy atom. The third kappa shape index (κ3) is 8.94. The van der Waals surface area contributed by atoms with Gasteiger partial charge in [-0.1, -0.05) is 29.8 Å². The predicted octanol–water partition coefficient (Wildman–Crippen LogP) is 3.69. The molecule has 0 saturated heterocycles. The van der Waals surface area contributed by atoms with Crippen molar-refractivity contribution >= 4 is 41.7 Å². The number of nitrogens with zero attached hydrogens (tertiary/aromatic N) is 1. The second-order valence-corrected chi connectivity index (χ2v) is 6.45. The molecule has 4 nitrogen and oxygen atoms in total. The quantitative estimate of drug-likeness (QED) is 0.155. The highest BCUT2D eigenvalue weighted by Crippen LogP contribution is 2.15. The van der Waals surface area contributed by atoms with Crippen LogP contribution in [0.5, 0.6) is 0 Å². The van der Waals surface area contributed by atoms with Crippen LogP contribution in [0, 0.1) is 0 Å². The number of hydrogen-bond donors (Lipinski definition) is 2. The summed E-state index contributed by atoms with van der Waals surface area (Å²) in [4.78, 5) is 5.96. The van der Waals surface area contributed by atoms with Crippen LogP contribution < -0.4 is 10.6 Å². The molecular weight excluding hydrogens is 433 g/mol. The summed E-state index contributed by atoms with van der Waals surface area (Å²) in [7, 11) is 0. The summed E-state index contributed by atoms with van der Waals surface area (Å²) in [5.41, 5.74) is 1.47. The Balaban J connectivity index is 0.00000288. The van der Waals surface area contributed by atoms with Crippen LogP contribution in [-0.2, 0) is 4.74 Å². The van der Waals surface area contributed by atoms with Crippen LogP contribution in [0.2, 0.25) is 0 Å². The van der Waals surface area contributed by atoms with E-state index in [1.54, 1.807) is 0 Å². The van der Waals surface area contributed by atoms with Gasteiger partial charge in [0.2, 0.25) is 0 Å². The first kappa shape index (κ1) is 21.3. The average molecular weight is 461 g/mol. The lowest BCUT2D eigenvalue weighted by Gasteiger charge is -2.14. The highest BCUT2D eigenvalue weighted by Gasteiger charge is 2.03. The summed E-state index contributed by atoms with van der Waals surface area (Å²) in [6.07, 6.45) is 4.27. The minimum absolute atomic E-state index is 0. The van der Waals surface area contributed by atoms with Gasteiger partial charge in [-0.3, -0.25) is 4.99 Å². The van der Waals surface area contributed by atoms with Crippen LogP contribution in [0.25, 0.3) is 0 Å². The van der Waals surface area contributed by atoms with E-state index in [9.17, 15) is 0 Å². The molecule has 0 spiro atoms. The molecule has 2 rings (SSSR count). The average Bonchev–Trinajstić information content (AvgIpc) is 2.60. The van der Waals surface area contributed by atoms with Gasteiger partial charge in [-0.25, -0.2) is 0 Å². The fourth-order valence-electron chi connectivity index (χ4n) is 2.30. The summed E-state index contributed by atoms with van der Waals surface area (Å²) in [5, 5.41) is 6.71. The smallest absolute Gasteiger partial charge is 0.191 e. The minimum Gasteiger partial charge on any atom is -0.377 e. The van der Waals surface area contributed by atoms with E-state index in [0.717, 1.165) is 57.4 Å². The van der Waals surface area contributed by atoms with Gasteiger partial charge in [-0.15, -0.1) is 35.7 Å². The van der Waals surface area contributed by atoms with Gasteiger partial charge in [0.15, 0.2) is 5.96 Å². The number of nitrogens with one attached hydrogen (secondary N) is 2. The van der Waals surface area contributed by atoms with Crippen LogP contribution in [0.4, 0.5) is 0 Å². The van der Waals surface area contributed by atoms with Gasteiger partial charge in [-0.05, 0) is 31.9 Å². The molecule has 1 aromatic carbocycles. The molecule has 0 atom stereocenters. The molecule has 1 aliphatic rings. The summed E-state index contributed by atoms with van der Waals surface area (Å²) < 4.78 is 5.33. The predicted molar refractivity (Wildman–Crippen MR) is 115 cm³/mol. The fraction of sp³-hybridized carbons (Fsp3) is 0.500. The van der Waals surface area contributed by atoms with Crippen LogP contribution in [0.1, 0.15) is 19.8 Å². The Morgan fingerprint density at radius 3 is 2.79 bits per heavy atom. The monoisotopic (exact) mass is 461 g/mol. The van der Waals surface area contributed by atoms with Gasteiger partial charge in [-0.2, -0.15) is 0 Å². The van der Waals surface area contributed by atoms with Crippen molar-refractivity contribution in [2.45, 2.75) is 24.7 Å². The first-order valence-electron chi connectivity index (χ1n) is 8.34. The van der Waals surface area contributed by atoms with Crippen LogP contribution in [-0.4, -0.2) is 44.6 Å². The molecule has 0 aromatic heterocycles. The van der Waals surface area contributed by atoms with Crippen molar-refractivity contribution in [3.05, 3.63) is 42.0 Å². The SMILES string of the molecule is CCNC(=NCCC1=CCOCC1)NCCSc1ccccc1.I. The van der Waals surface area contributed by atoms with E-state index in [1.807, 2.05) is 17.8 Å². The van der Waals surface area contributed by atoms with E-state index in [-0.39, 0.29) is 24.0 Å². The molecule has 0 radical (unpaired) electrons. The van der Waals surface area contributed by atoms with Crippen molar-refractivity contribution in [1.82, 2.24) is 10.6 Å². The molecule has 0 aliphatic carbocycles. The van der Waals surface area contributed by atoms with E-state index in [0.29, 0.717) is 0 Å². The van der Waals surface area contributed by atoms with Crippen LogP contribution >= 0.6 is 35.7 Å². The molecule has 0 unspecified atom stereocenters. The second kappa shape index (κ2) is 13.5. The minimum atomic E-state index is 0. The number of aliphatic imine (C=N–C) groups is 1. The van der Waals surface area contributed by atoms with Crippen molar-refractivity contribution < 1.29 is 4.74 Å². The Morgan fingerprint density at radius 2 is 2.08 bits per heavy atom. The number of guanidine groups is 1. The molecule has 0 fully saturated rings. The number of ether oxygens (including phenoxy) is 1. The van der Waals surface area contributed by atoms with Gasteiger partial charge in [0.1, 0.15) is 0 Å². The van der Waals surface area contributed by atoms with E-state index in [4.69, 9.17) is 4.74 Å². The zero-order chi connectivity index (χ0) is 16.2. The summed E-state index contributed by atoms with van der Waals surface area (Å²) in [5.74, 6) is 1.94. The second-order valence-electron chi connectivity index (χ2n) is 5.29. The van der Waals surface area contributed by atoms with E-state index in [1.165, 1.54) is 10.5 Å². The molecule has 134 valence electrons. The van der Waals surface area contributed by atoms with E-state index < -0.39 is 0 Å². The Kier molecular flexibility index (Phi) is 12.0. The standard InChI is InChI=1S/C18H27N3OS.HI/c1-2-19-18(20-11-8-16-9-13-22-14-10-16)21-12-15-23-17-6-4-3-5-7-17;/h3-7,9H,2,8,10-15H2,1H3,(H2,19,20,21);1H. The summed E-state index contributed by atoms with van der Waals surface area (Å²) in [6, 6.07) is 10.5. The molecule has 0 bridgehead atoms. The van der Waals surface area contributed by atoms with Gasteiger partial charge < -0.3 is 15.4 Å². The first-order chi connectivity index (χ1) is 11.4. The number of rotatable bonds is 8. The Bertz CT molecular complexity index is 508. The van der Waals surface area contributed by atoms with Crippen molar-refractivity contribution in [1.29, 1.82) is 0 Å². The van der Waals surface area contributed by atoms with Gasteiger partial charge in [0, 0.05) is 30.3 Å². The van der Waals surface area contributed by atoms with Crippen molar-refractivity contribution in [2.24, 2.45) is 4.99 Å².